The molecule has 1 aliphatic heterocycles. The highest BCUT2D eigenvalue weighted by Gasteiger charge is 2.11. The first kappa shape index (κ1) is 12.2. The van der Waals surface area contributed by atoms with Crippen LogP contribution in [0.5, 0.6) is 5.75 Å². The van der Waals surface area contributed by atoms with Crippen molar-refractivity contribution in [2.75, 3.05) is 13.2 Å². The molecule has 0 saturated carbocycles. The zero-order valence-corrected chi connectivity index (χ0v) is 11.2. The van der Waals surface area contributed by atoms with Crippen LogP contribution >= 0.6 is 0 Å². The van der Waals surface area contributed by atoms with Gasteiger partial charge >= 0.3 is 0 Å². The summed E-state index contributed by atoms with van der Waals surface area (Å²) in [7, 11) is 0. The molecule has 2 aromatic rings. The van der Waals surface area contributed by atoms with Crippen molar-refractivity contribution >= 4 is 0 Å². The van der Waals surface area contributed by atoms with Crippen LogP contribution in [0.2, 0.25) is 0 Å². The Labute approximate surface area is 113 Å². The molecule has 0 radical (unpaired) electrons. The van der Waals surface area contributed by atoms with Gasteiger partial charge in [0.2, 0.25) is 0 Å². The van der Waals surface area contributed by atoms with Gasteiger partial charge in [0.25, 0.3) is 0 Å². The highest BCUT2D eigenvalue weighted by Crippen LogP contribution is 2.25. The van der Waals surface area contributed by atoms with E-state index in [9.17, 15) is 0 Å². The van der Waals surface area contributed by atoms with Gasteiger partial charge in [-0.3, -0.25) is 4.68 Å². The van der Waals surface area contributed by atoms with Crippen molar-refractivity contribution in [2.45, 2.75) is 26.4 Å². The van der Waals surface area contributed by atoms with Gasteiger partial charge in [-0.25, -0.2) is 0 Å². The fraction of sp³-hybridized carbons (Fsp3) is 0.400. The Bertz CT molecular complexity index is 562. The fourth-order valence-corrected chi connectivity index (χ4v) is 2.37. The molecule has 0 spiro atoms. The number of nitrogens with zero attached hydrogens (tertiary/aromatic N) is 2. The summed E-state index contributed by atoms with van der Waals surface area (Å²) in [5, 5.41) is 7.72. The number of nitrogens with one attached hydrogen (secondary N) is 1. The number of fused-ring (bicyclic) bond motifs is 1. The molecule has 19 heavy (non-hydrogen) atoms. The lowest BCUT2D eigenvalue weighted by molar-refractivity contribution is 0.357. The van der Waals surface area contributed by atoms with E-state index < -0.39 is 0 Å². The second kappa shape index (κ2) is 5.45. The van der Waals surface area contributed by atoms with E-state index in [0.717, 1.165) is 38.4 Å². The molecule has 4 heteroatoms. The third-order valence-corrected chi connectivity index (χ3v) is 3.36. The van der Waals surface area contributed by atoms with E-state index in [4.69, 9.17) is 4.74 Å². The van der Waals surface area contributed by atoms with E-state index in [-0.39, 0.29) is 0 Å². The molecule has 0 aliphatic carbocycles. The van der Waals surface area contributed by atoms with Crippen LogP contribution in [0.1, 0.15) is 16.7 Å². The Balaban J connectivity index is 1.47. The predicted octanol–water partition coefficient (Wildman–Crippen LogP) is 1.92. The summed E-state index contributed by atoms with van der Waals surface area (Å²) in [5.41, 5.74) is 3.86. The minimum absolute atomic E-state index is 0.824. The summed E-state index contributed by atoms with van der Waals surface area (Å²) in [6.45, 7) is 5.61. The lowest BCUT2D eigenvalue weighted by Gasteiger charge is -2.07. The molecule has 0 amide bonds. The summed E-state index contributed by atoms with van der Waals surface area (Å²) < 4.78 is 7.48. The maximum absolute atomic E-state index is 5.51. The number of benzene rings is 1. The number of rotatable bonds is 5. The maximum Gasteiger partial charge on any atom is 0.122 e. The average Bonchev–Trinajstić information content (AvgIpc) is 3.03. The van der Waals surface area contributed by atoms with Crippen molar-refractivity contribution in [1.29, 1.82) is 0 Å². The van der Waals surface area contributed by atoms with Gasteiger partial charge in [-0.2, -0.15) is 5.10 Å². The molecule has 0 bridgehead atoms. The molecule has 1 N–H and O–H groups in total. The lowest BCUT2D eigenvalue weighted by Crippen LogP contribution is -2.19. The van der Waals surface area contributed by atoms with Crippen LogP contribution in [0.15, 0.2) is 30.6 Å². The van der Waals surface area contributed by atoms with E-state index in [1.165, 1.54) is 16.7 Å². The first-order chi connectivity index (χ1) is 9.31. The quantitative estimate of drug-likeness (QED) is 0.832. The SMILES string of the molecule is Cc1cnn(CCNCc2ccc3c(c2)CCO3)c1. The van der Waals surface area contributed by atoms with Gasteiger partial charge in [0.15, 0.2) is 0 Å². The Morgan fingerprint density at radius 3 is 3.21 bits per heavy atom. The van der Waals surface area contributed by atoms with Crippen molar-refractivity contribution in [2.24, 2.45) is 0 Å². The van der Waals surface area contributed by atoms with E-state index >= 15 is 0 Å². The van der Waals surface area contributed by atoms with Gasteiger partial charge in [0.1, 0.15) is 5.75 Å². The Hall–Kier alpha value is -1.81. The first-order valence-electron chi connectivity index (χ1n) is 6.76. The van der Waals surface area contributed by atoms with Gasteiger partial charge in [0, 0.05) is 25.7 Å². The highest BCUT2D eigenvalue weighted by molar-refractivity contribution is 5.39. The molecule has 100 valence electrons. The Kier molecular flexibility index (Phi) is 3.51. The van der Waals surface area contributed by atoms with Crippen molar-refractivity contribution in [3.05, 3.63) is 47.3 Å². The van der Waals surface area contributed by atoms with Crippen molar-refractivity contribution in [3.63, 3.8) is 0 Å². The monoisotopic (exact) mass is 257 g/mol. The van der Waals surface area contributed by atoms with Crippen molar-refractivity contribution in [3.8, 4) is 5.75 Å². The lowest BCUT2D eigenvalue weighted by atomic mass is 10.1. The first-order valence-corrected chi connectivity index (χ1v) is 6.76. The minimum atomic E-state index is 0.824. The molecule has 0 unspecified atom stereocenters. The standard InChI is InChI=1S/C15H19N3O/c1-12-9-17-18(11-12)6-5-16-10-13-2-3-15-14(8-13)4-7-19-15/h2-3,8-9,11,16H,4-7,10H2,1H3. The van der Waals surface area contributed by atoms with Gasteiger partial charge < -0.3 is 10.1 Å². The Morgan fingerprint density at radius 1 is 1.42 bits per heavy atom. The number of hydrogen-bond acceptors (Lipinski definition) is 3. The van der Waals surface area contributed by atoms with Crippen molar-refractivity contribution < 1.29 is 4.74 Å². The summed E-state index contributed by atoms with van der Waals surface area (Å²) in [5.74, 6) is 1.05. The smallest absolute Gasteiger partial charge is 0.122 e. The van der Waals surface area contributed by atoms with Crippen LogP contribution in [0.25, 0.3) is 0 Å². The van der Waals surface area contributed by atoms with Gasteiger partial charge in [0.05, 0.1) is 19.3 Å². The molecule has 1 aromatic heterocycles. The molecule has 3 rings (SSSR count). The summed E-state index contributed by atoms with van der Waals surface area (Å²) in [6.07, 6.45) is 4.99. The normalized spacial score (nSPS) is 13.3. The van der Waals surface area contributed by atoms with E-state index in [0.29, 0.717) is 0 Å². The number of ether oxygens (including phenoxy) is 1. The Morgan fingerprint density at radius 2 is 2.37 bits per heavy atom. The number of aryl methyl sites for hydroxylation is 1. The van der Waals surface area contributed by atoms with Crippen molar-refractivity contribution in [1.82, 2.24) is 15.1 Å². The van der Waals surface area contributed by atoms with Gasteiger partial charge in [-0.05, 0) is 29.7 Å². The number of hydrogen-bond donors (Lipinski definition) is 1. The summed E-state index contributed by atoms with van der Waals surface area (Å²) >= 11 is 0. The van der Waals surface area contributed by atoms with Crippen LogP contribution in [0.4, 0.5) is 0 Å². The largest absolute Gasteiger partial charge is 0.493 e. The molecule has 4 nitrogen and oxygen atoms in total. The predicted molar refractivity (Wildman–Crippen MR) is 74.3 cm³/mol. The molecule has 0 saturated heterocycles. The molecule has 2 heterocycles. The topological polar surface area (TPSA) is 39.1 Å². The fourth-order valence-electron chi connectivity index (χ4n) is 2.37. The third kappa shape index (κ3) is 2.96. The molecule has 1 aliphatic rings. The van der Waals surface area contributed by atoms with E-state index in [1.807, 2.05) is 10.9 Å². The minimum Gasteiger partial charge on any atom is -0.493 e. The van der Waals surface area contributed by atoms with Crippen LogP contribution in [-0.4, -0.2) is 22.9 Å². The molecular formula is C15H19N3O. The zero-order chi connectivity index (χ0) is 13.1. The van der Waals surface area contributed by atoms with Gasteiger partial charge in [-0.1, -0.05) is 12.1 Å². The number of aromatic nitrogens is 2. The van der Waals surface area contributed by atoms with Crippen LogP contribution < -0.4 is 10.1 Å². The molecule has 1 aromatic carbocycles. The molecule has 0 atom stereocenters. The second-order valence-electron chi connectivity index (χ2n) is 5.00. The maximum atomic E-state index is 5.51. The zero-order valence-electron chi connectivity index (χ0n) is 11.2. The second-order valence-corrected chi connectivity index (χ2v) is 5.00. The van der Waals surface area contributed by atoms with Gasteiger partial charge in [-0.15, -0.1) is 0 Å². The van der Waals surface area contributed by atoms with Crippen LogP contribution in [-0.2, 0) is 19.5 Å². The average molecular weight is 257 g/mol. The molecule has 0 fully saturated rings. The van der Waals surface area contributed by atoms with Crippen LogP contribution in [0.3, 0.4) is 0 Å². The summed E-state index contributed by atoms with van der Waals surface area (Å²) in [4.78, 5) is 0. The van der Waals surface area contributed by atoms with Crippen LogP contribution in [0, 0.1) is 6.92 Å². The van der Waals surface area contributed by atoms with E-state index in [2.05, 4.69) is 41.7 Å². The molecular weight excluding hydrogens is 238 g/mol. The summed E-state index contributed by atoms with van der Waals surface area (Å²) in [6, 6.07) is 6.46. The third-order valence-electron chi connectivity index (χ3n) is 3.36. The van der Waals surface area contributed by atoms with E-state index in [1.54, 1.807) is 0 Å². The highest BCUT2D eigenvalue weighted by atomic mass is 16.5.